The average Bonchev–Trinajstić information content (AvgIpc) is 3.32. The third-order valence-electron chi connectivity index (χ3n) is 6.23. The molecule has 0 radical (unpaired) electrons. The van der Waals surface area contributed by atoms with Gasteiger partial charge in [0.1, 0.15) is 5.75 Å². The molecule has 1 amide bonds. The van der Waals surface area contributed by atoms with Crippen LogP contribution in [0.3, 0.4) is 0 Å². The fraction of sp³-hybridized carbons (Fsp3) is 0.375. The Bertz CT molecular complexity index is 1240. The number of alkyl halides is 3. The first-order valence-corrected chi connectivity index (χ1v) is 11.2. The van der Waals surface area contributed by atoms with Gasteiger partial charge in [0.25, 0.3) is 0 Å². The van der Waals surface area contributed by atoms with E-state index < -0.39 is 36.1 Å². The van der Waals surface area contributed by atoms with Crippen molar-refractivity contribution >= 4 is 32.7 Å². The third-order valence-corrected chi connectivity index (χ3v) is 6.68. The van der Waals surface area contributed by atoms with Crippen LogP contribution >= 0.6 is 15.9 Å². The molecule has 1 atom stereocenters. The van der Waals surface area contributed by atoms with E-state index in [4.69, 9.17) is 10.5 Å². The summed E-state index contributed by atoms with van der Waals surface area (Å²) in [6, 6.07) is 9.78. The second kappa shape index (κ2) is 8.06. The van der Waals surface area contributed by atoms with Gasteiger partial charge in [-0.05, 0) is 53.8 Å². The largest absolute Gasteiger partial charge is 0.493 e. The summed E-state index contributed by atoms with van der Waals surface area (Å²) in [6.45, 7) is 3.14. The van der Waals surface area contributed by atoms with Crippen LogP contribution in [-0.2, 0) is 18.4 Å². The van der Waals surface area contributed by atoms with Gasteiger partial charge in [0.2, 0.25) is 5.91 Å². The zero-order chi connectivity index (χ0) is 24.2. The summed E-state index contributed by atoms with van der Waals surface area (Å²) in [5, 5.41) is 11.6. The Morgan fingerprint density at radius 3 is 2.61 bits per heavy atom. The Hall–Kier alpha value is -2.52. The molecule has 0 spiro atoms. The maximum atomic E-state index is 14.3. The van der Waals surface area contributed by atoms with Gasteiger partial charge in [0, 0.05) is 39.1 Å². The molecule has 0 fully saturated rings. The number of aromatic nitrogens is 1. The molecular formula is C24H24BrF3N2O3. The zero-order valence-electron chi connectivity index (χ0n) is 18.2. The highest BCUT2D eigenvalue weighted by molar-refractivity contribution is 9.10. The van der Waals surface area contributed by atoms with Crippen LogP contribution in [0.15, 0.2) is 47.1 Å². The molecule has 3 aromatic rings. The zero-order valence-corrected chi connectivity index (χ0v) is 19.8. The Morgan fingerprint density at radius 1 is 1.21 bits per heavy atom. The van der Waals surface area contributed by atoms with E-state index in [9.17, 15) is 23.1 Å². The number of carbonyl (C=O) groups is 1. The molecule has 0 aliphatic carbocycles. The molecule has 2 heterocycles. The topological polar surface area (TPSA) is 77.5 Å². The standard InChI is InChI=1S/C24H24BrF3N2O3/c1-22(2,18-11-17(25)10-15-6-8-33-20(15)18)12-23(32,24(26,27)28)13-30-7-5-14-9-16(21(29)31)3-4-19(14)30/h3-5,7,9-11,32H,6,8,12-13H2,1-2H3,(H2,29,31). The number of ether oxygens (including phenoxy) is 1. The number of amides is 1. The normalized spacial score (nSPS) is 15.8. The van der Waals surface area contributed by atoms with Crippen LogP contribution in [-0.4, -0.2) is 34.0 Å². The number of hydrogen-bond acceptors (Lipinski definition) is 3. The van der Waals surface area contributed by atoms with Gasteiger partial charge in [-0.25, -0.2) is 0 Å². The van der Waals surface area contributed by atoms with E-state index in [2.05, 4.69) is 15.9 Å². The SMILES string of the molecule is CC(C)(CC(O)(Cn1ccc2cc(C(N)=O)ccc21)C(F)(F)F)c1cc(Br)cc2c1OCC2. The van der Waals surface area contributed by atoms with Crippen molar-refractivity contribution in [3.05, 3.63) is 63.8 Å². The molecule has 0 bridgehead atoms. The Kier molecular flexibility index (Phi) is 5.77. The third kappa shape index (κ3) is 4.36. The summed E-state index contributed by atoms with van der Waals surface area (Å²) in [7, 11) is 0. The molecule has 176 valence electrons. The number of nitrogens with two attached hydrogens (primary N) is 1. The van der Waals surface area contributed by atoms with Crippen LogP contribution in [0.2, 0.25) is 0 Å². The van der Waals surface area contributed by atoms with Crippen LogP contribution < -0.4 is 10.5 Å². The summed E-state index contributed by atoms with van der Waals surface area (Å²) in [4.78, 5) is 11.4. The molecule has 4 rings (SSSR count). The lowest BCUT2D eigenvalue weighted by atomic mass is 9.74. The van der Waals surface area contributed by atoms with E-state index in [0.717, 1.165) is 10.0 Å². The van der Waals surface area contributed by atoms with Gasteiger partial charge in [-0.2, -0.15) is 13.2 Å². The molecule has 33 heavy (non-hydrogen) atoms. The van der Waals surface area contributed by atoms with Crippen LogP contribution in [0.1, 0.15) is 41.8 Å². The molecule has 2 aromatic carbocycles. The second-order valence-corrected chi connectivity index (χ2v) is 10.1. The Labute approximate surface area is 197 Å². The van der Waals surface area contributed by atoms with Crippen molar-refractivity contribution in [2.45, 2.75) is 50.4 Å². The van der Waals surface area contributed by atoms with E-state index in [1.807, 2.05) is 6.07 Å². The summed E-state index contributed by atoms with van der Waals surface area (Å²) >= 11 is 3.44. The minimum absolute atomic E-state index is 0.260. The van der Waals surface area contributed by atoms with Gasteiger partial charge >= 0.3 is 6.18 Å². The number of benzene rings is 2. The molecular weight excluding hydrogens is 501 g/mol. The number of nitrogens with zero attached hydrogens (tertiary/aromatic N) is 1. The van der Waals surface area contributed by atoms with Crippen LogP contribution in [0.5, 0.6) is 5.75 Å². The van der Waals surface area contributed by atoms with Gasteiger partial charge in [-0.1, -0.05) is 29.8 Å². The first-order chi connectivity index (χ1) is 15.3. The lowest BCUT2D eigenvalue weighted by molar-refractivity contribution is -0.271. The maximum Gasteiger partial charge on any atom is 0.418 e. The number of primary amides is 1. The average molecular weight is 525 g/mol. The van der Waals surface area contributed by atoms with E-state index >= 15 is 0 Å². The second-order valence-electron chi connectivity index (χ2n) is 9.21. The molecule has 1 unspecified atom stereocenters. The van der Waals surface area contributed by atoms with Crippen molar-refractivity contribution < 1.29 is 27.8 Å². The predicted molar refractivity (Wildman–Crippen MR) is 122 cm³/mol. The molecule has 1 aromatic heterocycles. The molecule has 3 N–H and O–H groups in total. The first kappa shape index (κ1) is 23.6. The van der Waals surface area contributed by atoms with Crippen molar-refractivity contribution in [2.24, 2.45) is 5.73 Å². The van der Waals surface area contributed by atoms with Gasteiger partial charge < -0.3 is 20.1 Å². The highest BCUT2D eigenvalue weighted by atomic mass is 79.9. The summed E-state index contributed by atoms with van der Waals surface area (Å²) in [6.07, 6.45) is -3.30. The van der Waals surface area contributed by atoms with Crippen molar-refractivity contribution in [3.8, 4) is 5.75 Å². The van der Waals surface area contributed by atoms with Gasteiger partial charge in [0.05, 0.1) is 13.2 Å². The molecule has 1 aliphatic heterocycles. The van der Waals surface area contributed by atoms with Crippen molar-refractivity contribution in [1.29, 1.82) is 0 Å². The molecule has 5 nitrogen and oxygen atoms in total. The highest BCUT2D eigenvalue weighted by Gasteiger charge is 2.56. The molecule has 9 heteroatoms. The Balaban J connectivity index is 1.72. The maximum absolute atomic E-state index is 14.3. The Morgan fingerprint density at radius 2 is 1.94 bits per heavy atom. The van der Waals surface area contributed by atoms with Crippen LogP contribution in [0.25, 0.3) is 10.9 Å². The predicted octanol–water partition coefficient (Wildman–Crippen LogP) is 5.10. The van der Waals surface area contributed by atoms with Crippen molar-refractivity contribution in [2.75, 3.05) is 6.61 Å². The lowest BCUT2D eigenvalue weighted by Crippen LogP contribution is -2.52. The van der Waals surface area contributed by atoms with Crippen molar-refractivity contribution in [1.82, 2.24) is 4.57 Å². The van der Waals surface area contributed by atoms with Gasteiger partial charge in [-0.15, -0.1) is 0 Å². The fourth-order valence-electron chi connectivity index (χ4n) is 4.62. The number of carbonyl (C=O) groups excluding carboxylic acids is 1. The minimum Gasteiger partial charge on any atom is -0.493 e. The van der Waals surface area contributed by atoms with E-state index in [-0.39, 0.29) is 5.56 Å². The van der Waals surface area contributed by atoms with Gasteiger partial charge in [0.15, 0.2) is 5.60 Å². The molecule has 0 saturated heterocycles. The summed E-state index contributed by atoms with van der Waals surface area (Å²) in [5.74, 6) is -0.0277. The van der Waals surface area contributed by atoms with Crippen molar-refractivity contribution in [3.63, 3.8) is 0 Å². The van der Waals surface area contributed by atoms with Gasteiger partial charge in [-0.3, -0.25) is 4.79 Å². The van der Waals surface area contributed by atoms with Crippen LogP contribution in [0, 0.1) is 0 Å². The number of fused-ring (bicyclic) bond motifs is 2. The summed E-state index contributed by atoms with van der Waals surface area (Å²) in [5.41, 5.74) is 3.51. The van der Waals surface area contributed by atoms with Crippen LogP contribution in [0.4, 0.5) is 13.2 Å². The monoisotopic (exact) mass is 524 g/mol. The fourth-order valence-corrected chi connectivity index (χ4v) is 5.12. The first-order valence-electron chi connectivity index (χ1n) is 10.4. The number of hydrogen-bond donors (Lipinski definition) is 2. The van der Waals surface area contributed by atoms with E-state index in [1.165, 1.54) is 29.0 Å². The number of halogens is 4. The van der Waals surface area contributed by atoms with E-state index in [0.29, 0.717) is 35.2 Å². The molecule has 1 aliphatic rings. The number of rotatable bonds is 6. The number of aliphatic hydroxyl groups is 1. The quantitative estimate of drug-likeness (QED) is 0.471. The summed E-state index contributed by atoms with van der Waals surface area (Å²) < 4.78 is 50.7. The lowest BCUT2D eigenvalue weighted by Gasteiger charge is -2.38. The molecule has 0 saturated carbocycles. The minimum atomic E-state index is -4.88. The van der Waals surface area contributed by atoms with E-state index in [1.54, 1.807) is 26.0 Å². The highest BCUT2D eigenvalue weighted by Crippen LogP contribution is 2.47. The smallest absolute Gasteiger partial charge is 0.418 e.